The normalized spacial score (nSPS) is 29.1. The van der Waals surface area contributed by atoms with Crippen LogP contribution in [0.25, 0.3) is 0 Å². The topological polar surface area (TPSA) is 60.2 Å². The molecule has 2 rings (SSSR count). The molecule has 1 fully saturated rings. The van der Waals surface area contributed by atoms with Gasteiger partial charge in [0.1, 0.15) is 6.04 Å². The Hall–Kier alpha value is -0.940. The molecule has 1 saturated heterocycles. The number of aliphatic hydroxyl groups is 1. The summed E-state index contributed by atoms with van der Waals surface area (Å²) in [6, 6.07) is -0.0741. The first-order valence-electron chi connectivity index (χ1n) is 4.41. The summed E-state index contributed by atoms with van der Waals surface area (Å²) in [7, 11) is 0. The lowest BCUT2D eigenvalue weighted by molar-refractivity contribution is -0.0335. The lowest BCUT2D eigenvalue weighted by atomic mass is 10.1. The SMILES string of the molecule is Cc1cn(C2COCCC2O)nn1. The highest BCUT2D eigenvalue weighted by molar-refractivity contribution is 4.90. The molecule has 1 aromatic rings. The van der Waals surface area contributed by atoms with Crippen LogP contribution in [0.4, 0.5) is 0 Å². The van der Waals surface area contributed by atoms with Crippen molar-refractivity contribution in [1.82, 2.24) is 15.0 Å². The van der Waals surface area contributed by atoms with Crippen molar-refractivity contribution < 1.29 is 9.84 Å². The molecule has 0 amide bonds. The van der Waals surface area contributed by atoms with Crippen LogP contribution < -0.4 is 0 Å². The lowest BCUT2D eigenvalue weighted by Crippen LogP contribution is -2.34. The van der Waals surface area contributed by atoms with Gasteiger partial charge < -0.3 is 9.84 Å². The quantitative estimate of drug-likeness (QED) is 0.661. The van der Waals surface area contributed by atoms with Crippen LogP contribution in [0, 0.1) is 6.92 Å². The van der Waals surface area contributed by atoms with Crippen LogP contribution in [0.15, 0.2) is 6.20 Å². The van der Waals surface area contributed by atoms with Gasteiger partial charge in [0.25, 0.3) is 0 Å². The monoisotopic (exact) mass is 183 g/mol. The van der Waals surface area contributed by atoms with Crippen molar-refractivity contribution in [3.05, 3.63) is 11.9 Å². The Balaban J connectivity index is 2.14. The molecule has 0 spiro atoms. The number of ether oxygens (including phenoxy) is 1. The first kappa shape index (κ1) is 8.65. The standard InChI is InChI=1S/C8H13N3O2/c1-6-4-11(10-9-6)7-5-13-3-2-8(7)12/h4,7-8,12H,2-3,5H2,1H3. The third-order valence-electron chi connectivity index (χ3n) is 2.26. The molecule has 1 aromatic heterocycles. The molecule has 1 aliphatic rings. The van der Waals surface area contributed by atoms with E-state index in [1.54, 1.807) is 4.68 Å². The van der Waals surface area contributed by atoms with Gasteiger partial charge in [-0.15, -0.1) is 5.10 Å². The van der Waals surface area contributed by atoms with Crippen molar-refractivity contribution in [3.8, 4) is 0 Å². The lowest BCUT2D eigenvalue weighted by Gasteiger charge is -2.27. The summed E-state index contributed by atoms with van der Waals surface area (Å²) in [6.45, 7) is 3.02. The average Bonchev–Trinajstić information content (AvgIpc) is 2.53. The Kier molecular flexibility index (Phi) is 2.28. The minimum absolute atomic E-state index is 0.0741. The van der Waals surface area contributed by atoms with Crippen LogP contribution in [-0.4, -0.2) is 39.4 Å². The Labute approximate surface area is 76.3 Å². The predicted octanol–water partition coefficient (Wildman–Crippen LogP) is -0.0912. The van der Waals surface area contributed by atoms with Crippen molar-refractivity contribution in [3.63, 3.8) is 0 Å². The molecule has 0 aromatic carbocycles. The van der Waals surface area contributed by atoms with Crippen LogP contribution >= 0.6 is 0 Å². The van der Waals surface area contributed by atoms with Crippen LogP contribution in [0.2, 0.25) is 0 Å². The molecule has 0 radical (unpaired) electrons. The minimum Gasteiger partial charge on any atom is -0.391 e. The van der Waals surface area contributed by atoms with E-state index in [2.05, 4.69) is 10.3 Å². The molecule has 1 aliphatic heterocycles. The van der Waals surface area contributed by atoms with E-state index in [9.17, 15) is 5.11 Å². The number of rotatable bonds is 1. The molecule has 0 bridgehead atoms. The number of aromatic nitrogens is 3. The molecule has 1 N–H and O–H groups in total. The summed E-state index contributed by atoms with van der Waals surface area (Å²) in [4.78, 5) is 0. The number of hydrogen-bond donors (Lipinski definition) is 1. The van der Waals surface area contributed by atoms with E-state index in [-0.39, 0.29) is 12.1 Å². The fraction of sp³-hybridized carbons (Fsp3) is 0.750. The number of aliphatic hydroxyl groups excluding tert-OH is 1. The fourth-order valence-electron chi connectivity index (χ4n) is 1.49. The van der Waals surface area contributed by atoms with Crippen LogP contribution in [0.3, 0.4) is 0 Å². The fourth-order valence-corrected chi connectivity index (χ4v) is 1.49. The van der Waals surface area contributed by atoms with Crippen molar-refractivity contribution in [2.75, 3.05) is 13.2 Å². The molecule has 13 heavy (non-hydrogen) atoms. The molecule has 0 aliphatic carbocycles. The zero-order valence-corrected chi connectivity index (χ0v) is 7.55. The maximum atomic E-state index is 9.66. The van der Waals surface area contributed by atoms with E-state index in [1.165, 1.54) is 0 Å². The van der Waals surface area contributed by atoms with Crippen molar-refractivity contribution in [2.45, 2.75) is 25.5 Å². The van der Waals surface area contributed by atoms with E-state index in [0.717, 1.165) is 5.69 Å². The van der Waals surface area contributed by atoms with Gasteiger partial charge in [-0.05, 0) is 13.3 Å². The van der Waals surface area contributed by atoms with Crippen LogP contribution in [-0.2, 0) is 4.74 Å². The van der Waals surface area contributed by atoms with Gasteiger partial charge in [0.05, 0.1) is 18.4 Å². The van der Waals surface area contributed by atoms with E-state index in [1.807, 2.05) is 13.1 Å². The first-order chi connectivity index (χ1) is 6.27. The molecule has 5 heteroatoms. The Bertz CT molecular complexity index is 287. The Morgan fingerprint density at radius 3 is 3.15 bits per heavy atom. The van der Waals surface area contributed by atoms with Gasteiger partial charge in [0.15, 0.2) is 0 Å². The summed E-state index contributed by atoms with van der Waals surface area (Å²) < 4.78 is 6.95. The van der Waals surface area contributed by atoms with Crippen molar-refractivity contribution in [1.29, 1.82) is 0 Å². The molecule has 2 atom stereocenters. The second kappa shape index (κ2) is 3.43. The smallest absolute Gasteiger partial charge is 0.103 e. The zero-order chi connectivity index (χ0) is 9.26. The van der Waals surface area contributed by atoms with Gasteiger partial charge in [-0.25, -0.2) is 4.68 Å². The highest BCUT2D eigenvalue weighted by atomic mass is 16.5. The van der Waals surface area contributed by atoms with Gasteiger partial charge >= 0.3 is 0 Å². The second-order valence-electron chi connectivity index (χ2n) is 3.34. The molecule has 0 saturated carbocycles. The minimum atomic E-state index is -0.366. The van der Waals surface area contributed by atoms with E-state index in [0.29, 0.717) is 19.6 Å². The third-order valence-corrected chi connectivity index (χ3v) is 2.26. The average molecular weight is 183 g/mol. The molecule has 72 valence electrons. The molecule has 5 nitrogen and oxygen atoms in total. The Morgan fingerprint density at radius 1 is 1.69 bits per heavy atom. The molecular weight excluding hydrogens is 170 g/mol. The Morgan fingerprint density at radius 2 is 2.54 bits per heavy atom. The van der Waals surface area contributed by atoms with E-state index >= 15 is 0 Å². The van der Waals surface area contributed by atoms with Crippen molar-refractivity contribution in [2.24, 2.45) is 0 Å². The summed E-state index contributed by atoms with van der Waals surface area (Å²) in [6.07, 6.45) is 2.13. The third kappa shape index (κ3) is 1.71. The molecular formula is C8H13N3O2. The van der Waals surface area contributed by atoms with Crippen LogP contribution in [0.1, 0.15) is 18.2 Å². The summed E-state index contributed by atoms with van der Waals surface area (Å²) >= 11 is 0. The molecule has 2 unspecified atom stereocenters. The largest absolute Gasteiger partial charge is 0.391 e. The number of aryl methyl sites for hydroxylation is 1. The maximum Gasteiger partial charge on any atom is 0.103 e. The van der Waals surface area contributed by atoms with Gasteiger partial charge in [0, 0.05) is 12.8 Å². The highest BCUT2D eigenvalue weighted by Crippen LogP contribution is 2.18. The van der Waals surface area contributed by atoms with E-state index in [4.69, 9.17) is 4.74 Å². The van der Waals surface area contributed by atoms with Crippen molar-refractivity contribution >= 4 is 0 Å². The molecule has 2 heterocycles. The number of hydrogen-bond acceptors (Lipinski definition) is 4. The van der Waals surface area contributed by atoms with E-state index < -0.39 is 0 Å². The zero-order valence-electron chi connectivity index (χ0n) is 7.55. The summed E-state index contributed by atoms with van der Waals surface area (Å²) in [5.41, 5.74) is 0.859. The highest BCUT2D eigenvalue weighted by Gasteiger charge is 2.25. The number of nitrogens with zero attached hydrogens (tertiary/aromatic N) is 3. The van der Waals surface area contributed by atoms with Gasteiger partial charge in [0.2, 0.25) is 0 Å². The summed E-state index contributed by atoms with van der Waals surface area (Å²) in [5, 5.41) is 17.5. The predicted molar refractivity (Wildman–Crippen MR) is 45.2 cm³/mol. The second-order valence-corrected chi connectivity index (χ2v) is 3.34. The summed E-state index contributed by atoms with van der Waals surface area (Å²) in [5.74, 6) is 0. The van der Waals surface area contributed by atoms with Crippen LogP contribution in [0.5, 0.6) is 0 Å². The maximum absolute atomic E-state index is 9.66. The van der Waals surface area contributed by atoms with Gasteiger partial charge in [-0.2, -0.15) is 0 Å². The van der Waals surface area contributed by atoms with Gasteiger partial charge in [-0.1, -0.05) is 5.21 Å². The van der Waals surface area contributed by atoms with Gasteiger partial charge in [-0.3, -0.25) is 0 Å². The first-order valence-corrected chi connectivity index (χ1v) is 4.41.